The van der Waals surface area contributed by atoms with Crippen molar-refractivity contribution in [1.82, 2.24) is 0 Å². The van der Waals surface area contributed by atoms with Gasteiger partial charge in [-0.2, -0.15) is 0 Å². The Bertz CT molecular complexity index is 785. The van der Waals surface area contributed by atoms with Crippen LogP contribution in [0.1, 0.15) is 43.6 Å². The van der Waals surface area contributed by atoms with Gasteiger partial charge in [0.2, 0.25) is 0 Å². The second-order valence-electron chi connectivity index (χ2n) is 7.16. The number of benzene rings is 1. The van der Waals surface area contributed by atoms with Gasteiger partial charge in [0.05, 0.1) is 29.0 Å². The zero-order valence-electron chi connectivity index (χ0n) is 14.6. The van der Waals surface area contributed by atoms with Crippen molar-refractivity contribution in [2.75, 3.05) is 19.5 Å². The molecule has 1 heterocycles. The maximum atomic E-state index is 11.8. The Morgan fingerprint density at radius 3 is 2.65 bits per heavy atom. The van der Waals surface area contributed by atoms with E-state index in [4.69, 9.17) is 21.1 Å². The molecule has 1 aliphatic carbocycles. The summed E-state index contributed by atoms with van der Waals surface area (Å²) in [7, 11) is -3.45. The number of halogens is 1. The first-order valence-electron chi connectivity index (χ1n) is 8.70. The molecule has 1 saturated heterocycles. The molecule has 0 bridgehead atoms. The van der Waals surface area contributed by atoms with E-state index in [1.807, 2.05) is 0 Å². The zero-order chi connectivity index (χ0) is 18.9. The van der Waals surface area contributed by atoms with Crippen LogP contribution in [0.15, 0.2) is 23.1 Å². The van der Waals surface area contributed by atoms with Gasteiger partial charge in [-0.15, -0.1) is 0 Å². The lowest BCUT2D eigenvalue weighted by molar-refractivity contribution is -0.263. The Morgan fingerprint density at radius 2 is 2.08 bits per heavy atom. The molecule has 1 saturated carbocycles. The van der Waals surface area contributed by atoms with Crippen molar-refractivity contribution < 1.29 is 27.8 Å². The van der Waals surface area contributed by atoms with E-state index in [9.17, 15) is 18.3 Å². The van der Waals surface area contributed by atoms with Crippen LogP contribution in [0.25, 0.3) is 0 Å². The van der Waals surface area contributed by atoms with Gasteiger partial charge in [0.15, 0.2) is 15.6 Å². The maximum Gasteiger partial charge on any atom is 0.310 e. The number of rotatable bonds is 5. The van der Waals surface area contributed by atoms with Crippen molar-refractivity contribution in [2.45, 2.75) is 48.7 Å². The van der Waals surface area contributed by atoms with E-state index in [0.29, 0.717) is 31.6 Å². The summed E-state index contributed by atoms with van der Waals surface area (Å²) in [6, 6.07) is 4.38. The van der Waals surface area contributed by atoms with Crippen LogP contribution in [-0.4, -0.2) is 44.8 Å². The Morgan fingerprint density at radius 1 is 1.38 bits per heavy atom. The minimum absolute atomic E-state index is 0.0101. The molecule has 0 amide bonds. The fraction of sp³-hybridized carbons (Fsp3) is 0.611. The van der Waals surface area contributed by atoms with Crippen molar-refractivity contribution in [1.29, 1.82) is 0 Å². The number of hydrogen-bond acceptors (Lipinski definition) is 5. The molecule has 0 radical (unpaired) electrons. The standard InChI is InChI=1S/C18H23ClO6S/c1-26(22,23)16-4-3-13(10-15(16)19)14(17(20)21)9-12-5-6-18(11-12)24-7-2-8-25-18/h3-4,10,12,14H,2,5-9,11H2,1H3,(H,20,21). The molecule has 0 aromatic heterocycles. The number of carbonyl (C=O) groups is 1. The van der Waals surface area contributed by atoms with E-state index >= 15 is 0 Å². The first kappa shape index (κ1) is 19.6. The summed E-state index contributed by atoms with van der Waals surface area (Å²) in [4.78, 5) is 11.8. The minimum Gasteiger partial charge on any atom is -0.481 e. The van der Waals surface area contributed by atoms with E-state index in [0.717, 1.165) is 25.5 Å². The number of carboxylic acid groups (broad SMARTS) is 1. The number of sulfone groups is 1. The van der Waals surface area contributed by atoms with Crippen LogP contribution in [0.3, 0.4) is 0 Å². The van der Waals surface area contributed by atoms with Crippen LogP contribution in [0.5, 0.6) is 0 Å². The molecule has 2 atom stereocenters. The van der Waals surface area contributed by atoms with Gasteiger partial charge in [0.25, 0.3) is 0 Å². The van der Waals surface area contributed by atoms with Gasteiger partial charge in [-0.25, -0.2) is 8.42 Å². The average molecular weight is 403 g/mol. The predicted octanol–water partition coefficient (Wildman–Crippen LogP) is 3.24. The number of aliphatic carboxylic acids is 1. The van der Waals surface area contributed by atoms with Gasteiger partial charge < -0.3 is 14.6 Å². The SMILES string of the molecule is CS(=O)(=O)c1ccc(C(CC2CCC3(C2)OCCCO3)C(=O)O)cc1Cl. The molecule has 8 heteroatoms. The molecular formula is C18H23ClO6S. The molecule has 1 spiro atoms. The summed E-state index contributed by atoms with van der Waals surface area (Å²) in [5, 5.41) is 9.74. The topological polar surface area (TPSA) is 89.9 Å². The molecule has 6 nitrogen and oxygen atoms in total. The van der Waals surface area contributed by atoms with Gasteiger partial charge in [-0.1, -0.05) is 17.7 Å². The van der Waals surface area contributed by atoms with Crippen LogP contribution in [0.2, 0.25) is 5.02 Å². The number of ether oxygens (including phenoxy) is 2. The Labute approximate surface area is 158 Å². The molecule has 26 heavy (non-hydrogen) atoms. The Hall–Kier alpha value is -1.15. The Kier molecular flexibility index (Phi) is 5.63. The lowest BCUT2D eigenvalue weighted by Gasteiger charge is -2.34. The van der Waals surface area contributed by atoms with E-state index in [1.165, 1.54) is 12.1 Å². The van der Waals surface area contributed by atoms with Crippen LogP contribution >= 0.6 is 11.6 Å². The second-order valence-corrected chi connectivity index (χ2v) is 9.55. The fourth-order valence-corrected chi connectivity index (χ4v) is 5.23. The highest BCUT2D eigenvalue weighted by molar-refractivity contribution is 7.90. The van der Waals surface area contributed by atoms with Crippen molar-refractivity contribution in [3.05, 3.63) is 28.8 Å². The minimum atomic E-state index is -3.45. The summed E-state index contributed by atoms with van der Waals surface area (Å²) >= 11 is 6.08. The second kappa shape index (κ2) is 7.46. The number of carboxylic acids is 1. The third-order valence-electron chi connectivity index (χ3n) is 5.18. The molecule has 1 aliphatic heterocycles. The fourth-order valence-electron chi connectivity index (χ4n) is 3.90. The normalized spacial score (nSPS) is 23.8. The smallest absolute Gasteiger partial charge is 0.310 e. The van der Waals surface area contributed by atoms with Crippen LogP contribution in [-0.2, 0) is 24.1 Å². The van der Waals surface area contributed by atoms with Gasteiger partial charge in [0, 0.05) is 19.1 Å². The van der Waals surface area contributed by atoms with Crippen molar-refractivity contribution >= 4 is 27.4 Å². The molecular weight excluding hydrogens is 380 g/mol. The lowest BCUT2D eigenvalue weighted by atomic mass is 9.88. The quantitative estimate of drug-likeness (QED) is 0.813. The summed E-state index contributed by atoms with van der Waals surface area (Å²) < 4.78 is 35.0. The van der Waals surface area contributed by atoms with Gasteiger partial charge in [-0.05, 0) is 42.9 Å². The third-order valence-corrected chi connectivity index (χ3v) is 6.76. The zero-order valence-corrected chi connectivity index (χ0v) is 16.2. The average Bonchev–Trinajstić information content (AvgIpc) is 2.94. The molecule has 1 aromatic rings. The molecule has 144 valence electrons. The maximum absolute atomic E-state index is 11.8. The summed E-state index contributed by atoms with van der Waals surface area (Å²) in [6.45, 7) is 1.36. The van der Waals surface area contributed by atoms with Crippen molar-refractivity contribution in [3.8, 4) is 0 Å². The molecule has 2 fully saturated rings. The summed E-state index contributed by atoms with van der Waals surface area (Å²) in [6.07, 6.45) is 4.71. The largest absolute Gasteiger partial charge is 0.481 e. The van der Waals surface area contributed by atoms with E-state index in [1.54, 1.807) is 6.07 Å². The van der Waals surface area contributed by atoms with E-state index in [2.05, 4.69) is 0 Å². The van der Waals surface area contributed by atoms with Crippen molar-refractivity contribution in [2.24, 2.45) is 5.92 Å². The summed E-state index contributed by atoms with van der Waals surface area (Å²) in [5.74, 6) is -2.07. The highest BCUT2D eigenvalue weighted by atomic mass is 35.5. The monoisotopic (exact) mass is 402 g/mol. The third kappa shape index (κ3) is 4.22. The highest BCUT2D eigenvalue weighted by Gasteiger charge is 2.43. The van der Waals surface area contributed by atoms with E-state index < -0.39 is 27.5 Å². The van der Waals surface area contributed by atoms with Crippen LogP contribution in [0.4, 0.5) is 0 Å². The lowest BCUT2D eigenvalue weighted by Crippen LogP contribution is -2.38. The van der Waals surface area contributed by atoms with Crippen molar-refractivity contribution in [3.63, 3.8) is 0 Å². The molecule has 2 aliphatic rings. The highest BCUT2D eigenvalue weighted by Crippen LogP contribution is 2.44. The number of hydrogen-bond donors (Lipinski definition) is 1. The van der Waals surface area contributed by atoms with E-state index in [-0.39, 0.29) is 15.8 Å². The van der Waals surface area contributed by atoms with Crippen LogP contribution < -0.4 is 0 Å². The molecule has 1 N–H and O–H groups in total. The molecule has 3 rings (SSSR count). The summed E-state index contributed by atoms with van der Waals surface area (Å²) in [5.41, 5.74) is 0.515. The van der Waals surface area contributed by atoms with Crippen LogP contribution in [0, 0.1) is 5.92 Å². The van der Waals surface area contributed by atoms with Gasteiger partial charge >= 0.3 is 5.97 Å². The predicted molar refractivity (Wildman–Crippen MR) is 96.1 cm³/mol. The Balaban J connectivity index is 1.76. The first-order chi connectivity index (χ1) is 12.2. The van der Waals surface area contributed by atoms with Gasteiger partial charge in [0.1, 0.15) is 0 Å². The van der Waals surface area contributed by atoms with Gasteiger partial charge in [-0.3, -0.25) is 4.79 Å². The molecule has 1 aromatic carbocycles. The first-order valence-corrected chi connectivity index (χ1v) is 11.0. The molecule has 2 unspecified atom stereocenters.